The molecule has 0 saturated carbocycles. The predicted molar refractivity (Wildman–Crippen MR) is 156 cm³/mol. The summed E-state index contributed by atoms with van der Waals surface area (Å²) in [4.78, 5) is 39.9. The molecule has 5 rings (SSSR count). The summed E-state index contributed by atoms with van der Waals surface area (Å²) in [7, 11) is -4.09. The summed E-state index contributed by atoms with van der Waals surface area (Å²) in [6, 6.07) is 18.7. The maximum absolute atomic E-state index is 13.4. The summed E-state index contributed by atoms with van der Waals surface area (Å²) in [5, 5.41) is 5.52. The summed E-state index contributed by atoms with van der Waals surface area (Å²) in [6.45, 7) is 4.38. The lowest BCUT2D eigenvalue weighted by atomic mass is 10.0. The average Bonchev–Trinajstić information content (AvgIpc) is 3.57. The fourth-order valence-electron chi connectivity index (χ4n) is 5.18. The molecule has 0 unspecified atom stereocenters. The summed E-state index contributed by atoms with van der Waals surface area (Å²) in [5.74, 6) is -0.223. The second kappa shape index (κ2) is 11.3. The molecule has 0 aliphatic carbocycles. The summed E-state index contributed by atoms with van der Waals surface area (Å²) in [6.07, 6.45) is 1.05. The first kappa shape index (κ1) is 28.3. The molecule has 0 spiro atoms. The summed E-state index contributed by atoms with van der Waals surface area (Å²) >= 11 is 0. The quantitative estimate of drug-likeness (QED) is 0.374. The lowest BCUT2D eigenvalue weighted by molar-refractivity contribution is -0.117. The number of carbonyl (C=O) groups excluding carboxylic acids is 3. The SMILES string of the molecule is CC(C)C[C@H](N)C(=O)Nc1ccc(C(=O)N2CCc3cc(S(=O)(=O)N4C[C@H](c5ccccc5)NC4=O)ccc32)cc1. The van der Waals surface area contributed by atoms with E-state index in [0.29, 0.717) is 47.8 Å². The Kier molecular flexibility index (Phi) is 7.83. The number of nitrogens with two attached hydrogens (primary N) is 1. The van der Waals surface area contributed by atoms with Crippen molar-refractivity contribution in [2.24, 2.45) is 11.7 Å². The number of nitrogens with one attached hydrogen (secondary N) is 2. The fraction of sp³-hybridized carbons (Fsp3) is 0.300. The van der Waals surface area contributed by atoms with Gasteiger partial charge in [-0.15, -0.1) is 0 Å². The van der Waals surface area contributed by atoms with E-state index in [0.717, 1.165) is 9.87 Å². The highest BCUT2D eigenvalue weighted by Crippen LogP contribution is 2.33. The second-order valence-corrected chi connectivity index (χ2v) is 12.6. The van der Waals surface area contributed by atoms with Crippen molar-refractivity contribution in [2.45, 2.75) is 43.7 Å². The van der Waals surface area contributed by atoms with Crippen LogP contribution in [0.1, 0.15) is 47.8 Å². The van der Waals surface area contributed by atoms with Gasteiger partial charge in [-0.1, -0.05) is 44.2 Å². The van der Waals surface area contributed by atoms with Crippen LogP contribution in [0.5, 0.6) is 0 Å². The van der Waals surface area contributed by atoms with E-state index in [2.05, 4.69) is 10.6 Å². The number of benzene rings is 3. The fourth-order valence-corrected chi connectivity index (χ4v) is 6.58. The predicted octanol–water partition coefficient (Wildman–Crippen LogP) is 3.66. The van der Waals surface area contributed by atoms with Gasteiger partial charge in [-0.25, -0.2) is 17.5 Å². The number of hydrogen-bond acceptors (Lipinski definition) is 6. The van der Waals surface area contributed by atoms with E-state index >= 15 is 0 Å². The Bertz CT molecular complexity index is 1570. The van der Waals surface area contributed by atoms with Crippen molar-refractivity contribution in [3.05, 3.63) is 89.5 Å². The van der Waals surface area contributed by atoms with E-state index in [9.17, 15) is 22.8 Å². The van der Waals surface area contributed by atoms with Crippen LogP contribution in [0.4, 0.5) is 16.2 Å². The number of rotatable bonds is 8. The molecule has 0 radical (unpaired) electrons. The molecule has 3 aromatic rings. The van der Waals surface area contributed by atoms with Gasteiger partial charge in [0.15, 0.2) is 0 Å². The molecule has 0 aromatic heterocycles. The number of urea groups is 1. The van der Waals surface area contributed by atoms with Gasteiger partial charge in [-0.2, -0.15) is 0 Å². The third-order valence-electron chi connectivity index (χ3n) is 7.32. The zero-order valence-corrected chi connectivity index (χ0v) is 23.7. The third kappa shape index (κ3) is 5.82. The standard InChI is InChI=1S/C30H33N5O5S/c1-19(2)16-25(31)28(36)32-23-10-8-21(9-11-23)29(37)34-15-14-22-17-24(12-13-27(22)34)41(39,40)35-18-26(33-30(35)38)20-6-4-3-5-7-20/h3-13,17,19,25-26H,14-16,18,31H2,1-2H3,(H,32,36)(H,33,38)/t25-,26+/m0/s1. The Morgan fingerprint density at radius 2 is 1.76 bits per heavy atom. The molecule has 11 heteroatoms. The van der Waals surface area contributed by atoms with Gasteiger partial charge in [0.05, 0.1) is 23.5 Å². The third-order valence-corrected chi connectivity index (χ3v) is 9.06. The minimum absolute atomic E-state index is 0.00480. The van der Waals surface area contributed by atoms with Crippen LogP contribution < -0.4 is 21.3 Å². The molecule has 41 heavy (non-hydrogen) atoms. The van der Waals surface area contributed by atoms with Crippen molar-refractivity contribution in [2.75, 3.05) is 23.3 Å². The minimum atomic E-state index is -4.09. The Balaban J connectivity index is 1.28. The molecule has 2 aliphatic heterocycles. The molecule has 10 nitrogen and oxygen atoms in total. The Morgan fingerprint density at radius 1 is 1.05 bits per heavy atom. The van der Waals surface area contributed by atoms with E-state index in [1.807, 2.05) is 44.2 Å². The van der Waals surface area contributed by atoms with Gasteiger partial charge in [-0.05, 0) is 72.4 Å². The highest BCUT2D eigenvalue weighted by molar-refractivity contribution is 7.89. The van der Waals surface area contributed by atoms with Gasteiger partial charge in [0, 0.05) is 23.5 Å². The Morgan fingerprint density at radius 3 is 2.44 bits per heavy atom. The lowest BCUT2D eigenvalue weighted by Crippen LogP contribution is -2.36. The van der Waals surface area contributed by atoms with Crippen LogP contribution in [0.15, 0.2) is 77.7 Å². The van der Waals surface area contributed by atoms with Crippen molar-refractivity contribution in [1.29, 1.82) is 0 Å². The molecule has 1 saturated heterocycles. The first-order chi connectivity index (χ1) is 19.5. The van der Waals surface area contributed by atoms with Crippen LogP contribution >= 0.6 is 0 Å². The molecule has 2 heterocycles. The number of anilines is 2. The van der Waals surface area contributed by atoms with Crippen molar-refractivity contribution in [1.82, 2.24) is 9.62 Å². The van der Waals surface area contributed by atoms with E-state index in [1.165, 1.54) is 6.07 Å². The molecule has 3 aromatic carbocycles. The van der Waals surface area contributed by atoms with Crippen molar-refractivity contribution in [3.8, 4) is 0 Å². The smallest absolute Gasteiger partial charge is 0.328 e. The Labute approximate surface area is 239 Å². The number of amides is 4. The van der Waals surface area contributed by atoms with Crippen molar-refractivity contribution in [3.63, 3.8) is 0 Å². The normalized spacial score (nSPS) is 17.4. The van der Waals surface area contributed by atoms with E-state index in [1.54, 1.807) is 41.3 Å². The number of sulfonamides is 1. The first-order valence-electron chi connectivity index (χ1n) is 13.5. The second-order valence-electron chi connectivity index (χ2n) is 10.7. The first-order valence-corrected chi connectivity index (χ1v) is 15.0. The topological polar surface area (TPSA) is 142 Å². The minimum Gasteiger partial charge on any atom is -0.328 e. The molecule has 2 atom stereocenters. The van der Waals surface area contributed by atoms with Crippen LogP contribution in [0.25, 0.3) is 0 Å². The van der Waals surface area contributed by atoms with Crippen LogP contribution in [0, 0.1) is 5.92 Å². The number of hydrogen-bond donors (Lipinski definition) is 3. The highest BCUT2D eigenvalue weighted by Gasteiger charge is 2.39. The number of carbonyl (C=O) groups is 3. The van der Waals surface area contributed by atoms with Crippen LogP contribution in [-0.4, -0.2) is 49.7 Å². The maximum Gasteiger partial charge on any atom is 0.331 e. The van der Waals surface area contributed by atoms with Gasteiger partial charge in [0.25, 0.3) is 15.9 Å². The summed E-state index contributed by atoms with van der Waals surface area (Å²) in [5.41, 5.74) is 9.08. The zero-order chi connectivity index (χ0) is 29.3. The maximum atomic E-state index is 13.4. The van der Waals surface area contributed by atoms with Gasteiger partial charge in [-0.3, -0.25) is 9.59 Å². The van der Waals surface area contributed by atoms with Crippen LogP contribution in [-0.2, 0) is 21.2 Å². The lowest BCUT2D eigenvalue weighted by Gasteiger charge is -2.19. The van der Waals surface area contributed by atoms with E-state index < -0.39 is 28.1 Å². The van der Waals surface area contributed by atoms with Crippen molar-refractivity contribution < 1.29 is 22.8 Å². The average molecular weight is 576 g/mol. The molecule has 4 N–H and O–H groups in total. The van der Waals surface area contributed by atoms with Crippen molar-refractivity contribution >= 4 is 39.2 Å². The Hall–Kier alpha value is -4.22. The summed E-state index contributed by atoms with van der Waals surface area (Å²) < 4.78 is 27.7. The molecular formula is C30H33N5O5S. The molecular weight excluding hydrogens is 542 g/mol. The molecule has 2 aliphatic rings. The zero-order valence-electron chi connectivity index (χ0n) is 22.9. The number of fused-ring (bicyclic) bond motifs is 1. The van der Waals surface area contributed by atoms with Gasteiger partial charge >= 0.3 is 6.03 Å². The molecule has 0 bridgehead atoms. The van der Waals surface area contributed by atoms with Crippen LogP contribution in [0.2, 0.25) is 0 Å². The van der Waals surface area contributed by atoms with E-state index in [4.69, 9.17) is 5.73 Å². The highest BCUT2D eigenvalue weighted by atomic mass is 32.2. The van der Waals surface area contributed by atoms with Gasteiger partial charge in [0.2, 0.25) is 5.91 Å². The largest absolute Gasteiger partial charge is 0.331 e. The van der Waals surface area contributed by atoms with Crippen LogP contribution in [0.3, 0.4) is 0 Å². The monoisotopic (exact) mass is 575 g/mol. The molecule has 214 valence electrons. The van der Waals surface area contributed by atoms with Gasteiger partial charge in [0.1, 0.15) is 0 Å². The van der Waals surface area contributed by atoms with Gasteiger partial charge < -0.3 is 21.3 Å². The van der Waals surface area contributed by atoms with E-state index in [-0.39, 0.29) is 23.3 Å². The number of nitrogens with zero attached hydrogens (tertiary/aromatic N) is 2. The molecule has 4 amide bonds. The molecule has 1 fully saturated rings.